The first-order chi connectivity index (χ1) is 13.3. The van der Waals surface area contributed by atoms with Gasteiger partial charge in [0.1, 0.15) is 11.3 Å². The summed E-state index contributed by atoms with van der Waals surface area (Å²) in [6.45, 7) is 1.42. The average molecular weight is 378 g/mol. The third-order valence-corrected chi connectivity index (χ3v) is 4.14. The number of phenols is 1. The van der Waals surface area contributed by atoms with Gasteiger partial charge in [-0.25, -0.2) is 9.78 Å². The molecule has 8 heteroatoms. The second-order valence-corrected chi connectivity index (χ2v) is 5.99. The lowest BCUT2D eigenvalue weighted by Crippen LogP contribution is -1.99. The summed E-state index contributed by atoms with van der Waals surface area (Å²) < 4.78 is 0. The molecule has 0 aliphatic heterocycles. The van der Waals surface area contributed by atoms with Crippen LogP contribution in [0, 0.1) is 10.1 Å². The Balaban J connectivity index is 2.04. The van der Waals surface area contributed by atoms with Crippen molar-refractivity contribution in [2.24, 2.45) is 0 Å². The van der Waals surface area contributed by atoms with Gasteiger partial charge >= 0.3 is 5.97 Å². The molecule has 0 saturated heterocycles. The number of benzene rings is 2. The van der Waals surface area contributed by atoms with Crippen LogP contribution in [0.4, 0.5) is 5.69 Å². The van der Waals surface area contributed by atoms with Crippen LogP contribution in [0.5, 0.6) is 5.75 Å². The minimum Gasteiger partial charge on any atom is -0.506 e. The Morgan fingerprint density at radius 3 is 2.50 bits per heavy atom. The highest BCUT2D eigenvalue weighted by molar-refractivity contribution is 6.07. The molecule has 0 aliphatic carbocycles. The highest BCUT2D eigenvalue weighted by Gasteiger charge is 2.16. The summed E-state index contributed by atoms with van der Waals surface area (Å²) in [5, 5.41) is 30.8. The number of phenolic OH excluding ortho intramolecular Hbond substituents is 1. The lowest BCUT2D eigenvalue weighted by atomic mass is 10.0. The van der Waals surface area contributed by atoms with E-state index in [4.69, 9.17) is 5.11 Å². The van der Waals surface area contributed by atoms with E-state index in [9.17, 15) is 24.8 Å². The fourth-order valence-corrected chi connectivity index (χ4v) is 2.77. The largest absolute Gasteiger partial charge is 0.506 e. The van der Waals surface area contributed by atoms with Crippen molar-refractivity contribution in [1.29, 1.82) is 0 Å². The number of aromatic nitrogens is 1. The van der Waals surface area contributed by atoms with E-state index in [0.717, 1.165) is 6.07 Å². The summed E-state index contributed by atoms with van der Waals surface area (Å²) >= 11 is 0. The van der Waals surface area contributed by atoms with Crippen molar-refractivity contribution in [2.75, 3.05) is 0 Å². The molecule has 0 radical (unpaired) electrons. The molecule has 0 aliphatic rings. The van der Waals surface area contributed by atoms with Crippen LogP contribution in [0.1, 0.15) is 38.9 Å². The Morgan fingerprint density at radius 1 is 1.11 bits per heavy atom. The maximum atomic E-state index is 11.7. The molecule has 0 fully saturated rings. The monoisotopic (exact) mass is 378 g/mol. The van der Waals surface area contributed by atoms with Crippen LogP contribution >= 0.6 is 0 Å². The van der Waals surface area contributed by atoms with Crippen LogP contribution in [0.25, 0.3) is 23.1 Å². The van der Waals surface area contributed by atoms with Crippen molar-refractivity contribution >= 4 is 40.5 Å². The zero-order valence-corrected chi connectivity index (χ0v) is 14.6. The number of carboxylic acids is 1. The summed E-state index contributed by atoms with van der Waals surface area (Å²) in [5.74, 6) is -1.51. The number of fused-ring (bicyclic) bond motifs is 1. The van der Waals surface area contributed by atoms with Gasteiger partial charge < -0.3 is 10.2 Å². The predicted octanol–water partition coefficient (Wildman–Crippen LogP) is 3.92. The number of aromatic hydroxyl groups is 1. The number of carbonyl (C=O) groups excluding carboxylic acids is 1. The molecule has 0 atom stereocenters. The molecule has 3 rings (SSSR count). The maximum absolute atomic E-state index is 11.7. The van der Waals surface area contributed by atoms with Gasteiger partial charge in [0.25, 0.3) is 5.69 Å². The number of hydrogen-bond acceptors (Lipinski definition) is 6. The van der Waals surface area contributed by atoms with Gasteiger partial charge in [-0.3, -0.25) is 14.9 Å². The zero-order valence-electron chi connectivity index (χ0n) is 14.6. The fourth-order valence-electron chi connectivity index (χ4n) is 2.77. The minimum atomic E-state index is -1.26. The Hall–Kier alpha value is -4.07. The summed E-state index contributed by atoms with van der Waals surface area (Å²) in [7, 11) is 0. The lowest BCUT2D eigenvalue weighted by Gasteiger charge is -2.06. The molecule has 28 heavy (non-hydrogen) atoms. The number of hydrogen-bond donors (Lipinski definition) is 2. The van der Waals surface area contributed by atoms with E-state index >= 15 is 0 Å². The van der Waals surface area contributed by atoms with Crippen LogP contribution in [0.15, 0.2) is 42.5 Å². The first kappa shape index (κ1) is 18.7. The molecule has 0 saturated carbocycles. The van der Waals surface area contributed by atoms with E-state index < -0.39 is 10.9 Å². The van der Waals surface area contributed by atoms with E-state index in [1.807, 2.05) is 0 Å². The SMILES string of the molecule is CC(=O)c1ccc(O)c2nc(/C=C/c3ccc(C(=O)O)cc3[N+](=O)[O-])ccc12. The second kappa shape index (κ2) is 7.28. The summed E-state index contributed by atoms with van der Waals surface area (Å²) in [5.41, 5.74) is 0.744. The quantitative estimate of drug-likeness (QED) is 0.391. The van der Waals surface area contributed by atoms with Gasteiger partial charge in [0, 0.05) is 17.0 Å². The number of pyridine rings is 1. The Kier molecular flexibility index (Phi) is 4.86. The molecule has 1 heterocycles. The Bertz CT molecular complexity index is 1170. The minimum absolute atomic E-state index is 0.0907. The number of aromatic carboxylic acids is 1. The standard InChI is InChI=1S/C20H14N2O6/c1-11(23)15-8-9-18(24)19-16(15)7-6-14(21-19)5-4-12-2-3-13(20(25)26)10-17(12)22(27)28/h2-10,24H,1H3,(H,25,26)/b5-4+. The third-order valence-electron chi connectivity index (χ3n) is 4.14. The van der Waals surface area contributed by atoms with Crippen molar-refractivity contribution in [2.45, 2.75) is 6.92 Å². The molecule has 140 valence electrons. The van der Waals surface area contributed by atoms with Gasteiger partial charge in [-0.15, -0.1) is 0 Å². The first-order valence-electron chi connectivity index (χ1n) is 8.11. The lowest BCUT2D eigenvalue weighted by molar-refractivity contribution is -0.385. The van der Waals surface area contributed by atoms with Crippen molar-refractivity contribution in [3.63, 3.8) is 0 Å². The van der Waals surface area contributed by atoms with Gasteiger partial charge in [0.05, 0.1) is 21.7 Å². The van der Waals surface area contributed by atoms with Crippen LogP contribution in [0.3, 0.4) is 0 Å². The molecule has 2 N–H and O–H groups in total. The van der Waals surface area contributed by atoms with Crippen molar-refractivity contribution in [3.8, 4) is 5.75 Å². The number of nitro groups is 1. The molecule has 0 spiro atoms. The fraction of sp³-hybridized carbons (Fsp3) is 0.0500. The average Bonchev–Trinajstić information content (AvgIpc) is 2.66. The summed E-state index contributed by atoms with van der Waals surface area (Å²) in [4.78, 5) is 37.6. The van der Waals surface area contributed by atoms with Crippen molar-refractivity contribution in [3.05, 3.63) is 75.0 Å². The summed E-state index contributed by atoms with van der Waals surface area (Å²) in [6, 6.07) is 9.75. The maximum Gasteiger partial charge on any atom is 0.335 e. The van der Waals surface area contributed by atoms with Crippen LogP contribution in [-0.2, 0) is 0 Å². The molecular weight excluding hydrogens is 364 g/mol. The molecule has 0 bridgehead atoms. The third kappa shape index (κ3) is 3.56. The van der Waals surface area contributed by atoms with Gasteiger partial charge in [0.15, 0.2) is 5.78 Å². The molecule has 3 aromatic rings. The van der Waals surface area contributed by atoms with Crippen LogP contribution < -0.4 is 0 Å². The van der Waals surface area contributed by atoms with E-state index in [2.05, 4.69) is 4.98 Å². The highest BCUT2D eigenvalue weighted by Crippen LogP contribution is 2.28. The van der Waals surface area contributed by atoms with E-state index in [1.54, 1.807) is 12.1 Å². The van der Waals surface area contributed by atoms with Crippen LogP contribution in [0.2, 0.25) is 0 Å². The normalized spacial score (nSPS) is 11.0. The number of nitro benzene ring substituents is 1. The molecule has 8 nitrogen and oxygen atoms in total. The Labute approximate surface area is 158 Å². The second-order valence-electron chi connectivity index (χ2n) is 5.99. The van der Waals surface area contributed by atoms with Gasteiger partial charge in [-0.2, -0.15) is 0 Å². The number of Topliss-reactive ketones (excluding diaryl/α,β-unsaturated/α-hetero) is 1. The molecule has 1 aromatic heterocycles. The van der Waals surface area contributed by atoms with Crippen LogP contribution in [-0.4, -0.2) is 31.9 Å². The molecule has 0 amide bonds. The molecule has 2 aromatic carbocycles. The number of carbonyl (C=O) groups is 2. The van der Waals surface area contributed by atoms with Crippen molar-refractivity contribution in [1.82, 2.24) is 4.98 Å². The van der Waals surface area contributed by atoms with Gasteiger partial charge in [-0.05, 0) is 55.5 Å². The number of carboxylic acid groups (broad SMARTS) is 1. The number of nitrogens with zero attached hydrogens (tertiary/aromatic N) is 2. The van der Waals surface area contributed by atoms with E-state index in [1.165, 1.54) is 43.3 Å². The zero-order chi connectivity index (χ0) is 20.4. The van der Waals surface area contributed by atoms with Crippen molar-refractivity contribution < 1.29 is 24.7 Å². The van der Waals surface area contributed by atoms with Gasteiger partial charge in [-0.1, -0.05) is 0 Å². The van der Waals surface area contributed by atoms with E-state index in [-0.39, 0.29) is 33.9 Å². The topological polar surface area (TPSA) is 131 Å². The number of rotatable bonds is 5. The molecular formula is C20H14N2O6. The Morgan fingerprint density at radius 2 is 1.86 bits per heavy atom. The van der Waals surface area contributed by atoms with E-state index in [0.29, 0.717) is 16.6 Å². The first-order valence-corrected chi connectivity index (χ1v) is 8.11. The molecule has 0 unspecified atom stereocenters. The summed E-state index contributed by atoms with van der Waals surface area (Å²) in [6.07, 6.45) is 2.94. The smallest absolute Gasteiger partial charge is 0.335 e. The predicted molar refractivity (Wildman–Crippen MR) is 102 cm³/mol. The van der Waals surface area contributed by atoms with Gasteiger partial charge in [0.2, 0.25) is 0 Å². The number of ketones is 1. The highest BCUT2D eigenvalue weighted by atomic mass is 16.6.